The second kappa shape index (κ2) is 18.3. The smallest absolute Gasteiger partial charge is 0.135 e. The van der Waals surface area contributed by atoms with E-state index in [1.165, 1.54) is 87.6 Å². The van der Waals surface area contributed by atoms with Crippen LogP contribution in [0.1, 0.15) is 71.0 Å². The largest absolute Gasteiger partial charge is 0.509 e. The van der Waals surface area contributed by atoms with Crippen molar-refractivity contribution in [1.29, 1.82) is 0 Å². The molecule has 2 aromatic heterocycles. The van der Waals surface area contributed by atoms with E-state index in [4.69, 9.17) is 9.72 Å². The molecule has 0 radical (unpaired) electrons. The third-order valence-electron chi connectivity index (χ3n) is 18.5. The molecule has 11 aromatic rings. The van der Waals surface area contributed by atoms with Crippen LogP contribution in [-0.2, 0) is 31.9 Å². The van der Waals surface area contributed by atoms with E-state index >= 15 is 0 Å². The molecule has 0 spiro atoms. The Hall–Kier alpha value is -7.98. The topological polar surface area (TPSA) is 33.5 Å². The van der Waals surface area contributed by atoms with Gasteiger partial charge in [-0.2, -0.15) is 12.1 Å². The molecule has 4 bridgehead atoms. The van der Waals surface area contributed by atoms with Crippen LogP contribution in [0.25, 0.3) is 38.8 Å². The third kappa shape index (κ3) is 6.99. The molecule has 0 amide bonds. The van der Waals surface area contributed by atoms with E-state index in [1.807, 2.05) is 12.1 Å². The fraction of sp³-hybridized carbons (Fsp3) is 0.167. The molecule has 5 nitrogen and oxygen atoms in total. The van der Waals surface area contributed by atoms with Gasteiger partial charge in [-0.25, -0.2) is 4.98 Å². The minimum Gasteiger partial charge on any atom is -0.509 e. The number of benzene rings is 9. The summed E-state index contributed by atoms with van der Waals surface area (Å²) in [4.78, 5) is 9.73. The summed E-state index contributed by atoms with van der Waals surface area (Å²) in [6.07, 6.45) is 8.75. The molecule has 9 aromatic carbocycles. The number of anilines is 4. The van der Waals surface area contributed by atoms with Gasteiger partial charge < -0.3 is 19.1 Å². The number of rotatable bonds is 9. The number of ether oxygens (including phenoxy) is 1. The number of fused-ring (bicyclic) bond motifs is 7. The number of nitrogens with zero attached hydrogens (tertiary/aromatic N) is 4. The van der Waals surface area contributed by atoms with Crippen molar-refractivity contribution < 1.29 is 25.8 Å². The van der Waals surface area contributed by atoms with Crippen molar-refractivity contribution in [2.24, 2.45) is 23.7 Å². The van der Waals surface area contributed by atoms with Crippen molar-refractivity contribution in [3.05, 3.63) is 282 Å². The molecular weight excluding hydrogens is 1130 g/mol. The third-order valence-corrected chi connectivity index (χ3v) is 18.5. The van der Waals surface area contributed by atoms with Gasteiger partial charge in [0.15, 0.2) is 0 Å². The van der Waals surface area contributed by atoms with Gasteiger partial charge in [0.25, 0.3) is 0 Å². The van der Waals surface area contributed by atoms with Gasteiger partial charge in [-0.1, -0.05) is 157 Å². The molecule has 0 atom stereocenters. The zero-order valence-electron chi connectivity index (χ0n) is 43.3. The van der Waals surface area contributed by atoms with Crippen LogP contribution in [-0.4, -0.2) is 9.55 Å². The molecule has 6 aliphatic rings. The van der Waals surface area contributed by atoms with E-state index in [9.17, 15) is 0 Å². The van der Waals surface area contributed by atoms with E-state index in [-0.39, 0.29) is 26.5 Å². The Kier molecular flexibility index (Phi) is 11.1. The van der Waals surface area contributed by atoms with Crippen LogP contribution in [0.3, 0.4) is 0 Å². The van der Waals surface area contributed by atoms with Crippen molar-refractivity contribution in [1.82, 2.24) is 9.55 Å². The second-order valence-corrected chi connectivity index (χ2v) is 22.5. The van der Waals surface area contributed by atoms with Gasteiger partial charge >= 0.3 is 0 Å². The molecule has 3 heterocycles. The Labute approximate surface area is 471 Å². The van der Waals surface area contributed by atoms with Crippen molar-refractivity contribution >= 4 is 44.6 Å². The molecule has 0 saturated heterocycles. The molecule has 1 aliphatic heterocycles. The molecule has 78 heavy (non-hydrogen) atoms. The number of hydrogen-bond donors (Lipinski definition) is 0. The maximum Gasteiger partial charge on any atom is 0.135 e. The summed E-state index contributed by atoms with van der Waals surface area (Å²) >= 11 is 0. The summed E-state index contributed by atoms with van der Waals surface area (Å²) in [5.41, 5.74) is 17.4. The zero-order chi connectivity index (χ0) is 50.8. The van der Waals surface area contributed by atoms with Gasteiger partial charge in [0.05, 0.1) is 5.41 Å². The van der Waals surface area contributed by atoms with Crippen molar-refractivity contribution in [3.8, 4) is 28.4 Å². The normalized spacial score (nSPS) is 21.1. The maximum absolute atomic E-state index is 6.83. The summed E-state index contributed by atoms with van der Waals surface area (Å²) < 4.78 is 9.14. The molecule has 5 aliphatic carbocycles. The minimum atomic E-state index is -0.503. The van der Waals surface area contributed by atoms with Gasteiger partial charge in [-0.3, -0.25) is 0 Å². The molecule has 0 N–H and O–H groups in total. The average molecular weight is 1190 g/mol. The number of pyridine rings is 1. The second-order valence-electron chi connectivity index (χ2n) is 22.5. The van der Waals surface area contributed by atoms with Crippen molar-refractivity contribution in [2.75, 3.05) is 9.80 Å². The number of aryl methyl sites for hydroxylation is 1. The number of para-hydroxylation sites is 3. The molecule has 0 unspecified atom stereocenters. The van der Waals surface area contributed by atoms with Crippen molar-refractivity contribution in [3.63, 3.8) is 0 Å². The minimum absolute atomic E-state index is 0. The van der Waals surface area contributed by atoms with Crippen LogP contribution < -0.4 is 14.5 Å². The summed E-state index contributed by atoms with van der Waals surface area (Å²) in [5, 5.41) is 2.28. The zero-order valence-corrected chi connectivity index (χ0v) is 45.6. The Morgan fingerprint density at radius 2 is 1.17 bits per heavy atom. The van der Waals surface area contributed by atoms with Crippen LogP contribution in [0.4, 0.5) is 22.7 Å². The SMILES string of the molecule is Cc1ccc(C2(c3ccnc(-n4c5[c-]c(Oc6[c-]c(N7[CH-]N(c8ccc9c(c8)C(c8ccccc8)(c8ccccc8)c8ccccc8-9)c8ccccc87)ccc6)ccc5c5ccccc54)c3)C3CC4CC(C3)CC2C4)cc1.[Pt]. The first kappa shape index (κ1) is 47.2. The first-order valence-corrected chi connectivity index (χ1v) is 27.6. The Balaban J connectivity index is 0.00000529. The predicted octanol–water partition coefficient (Wildman–Crippen LogP) is 17.4. The fourth-order valence-corrected chi connectivity index (χ4v) is 15.7. The van der Waals surface area contributed by atoms with Gasteiger partial charge in [-0.15, -0.1) is 48.1 Å². The summed E-state index contributed by atoms with van der Waals surface area (Å²) in [5.74, 6) is 5.12. The molecule has 17 rings (SSSR count). The fourth-order valence-electron chi connectivity index (χ4n) is 15.7. The van der Waals surface area contributed by atoms with Gasteiger partial charge in [0, 0.05) is 66.8 Å². The van der Waals surface area contributed by atoms with Crippen LogP contribution in [0.15, 0.2) is 225 Å². The maximum atomic E-state index is 6.83. The van der Waals surface area contributed by atoms with Gasteiger partial charge in [0.1, 0.15) is 5.82 Å². The van der Waals surface area contributed by atoms with E-state index in [1.54, 1.807) is 0 Å². The Bertz CT molecular complexity index is 4040. The van der Waals surface area contributed by atoms with E-state index in [2.05, 4.69) is 253 Å². The first-order valence-electron chi connectivity index (χ1n) is 27.6. The summed E-state index contributed by atoms with van der Waals surface area (Å²) in [6.45, 7) is 4.40. The Morgan fingerprint density at radius 1 is 0.513 bits per heavy atom. The quantitative estimate of drug-likeness (QED) is 0.135. The summed E-state index contributed by atoms with van der Waals surface area (Å²) in [7, 11) is 0. The molecule has 4 saturated carbocycles. The average Bonchev–Trinajstić information content (AvgIpc) is 3.71. The number of aromatic nitrogens is 2. The van der Waals surface area contributed by atoms with E-state index in [0.29, 0.717) is 23.3 Å². The first-order chi connectivity index (χ1) is 38.0. The molecule has 382 valence electrons. The molecule has 4 fully saturated rings. The monoisotopic (exact) mass is 1190 g/mol. The molecule has 6 heteroatoms. The van der Waals surface area contributed by atoms with Crippen molar-refractivity contribution in [2.45, 2.75) is 49.9 Å². The van der Waals surface area contributed by atoms with Crippen LogP contribution in [0, 0.1) is 49.4 Å². The van der Waals surface area contributed by atoms with Gasteiger partial charge in [0.2, 0.25) is 0 Å². The van der Waals surface area contributed by atoms with Crippen LogP contribution in [0.5, 0.6) is 11.5 Å². The van der Waals surface area contributed by atoms with Crippen LogP contribution in [0.2, 0.25) is 0 Å². The molecular formula is C72H55N4OPt-3. The standard InChI is InChI=1S/C72H55N4O.Pt/c1-47-27-29-52(30-28-47)71(54-38-48-37-49(40-54)41-55(71)39-48)53-35-36-73-70(42-53)76-66-24-11-9-22-62(66)63-34-32-59(45-69(63)76)77-58-20-14-19-56(43-58)74-46-75(68-26-13-12-25-67(68)74)57-31-33-61-60-21-8-10-23-64(60)72(65(61)44-57,50-15-4-2-5-16-50)51-17-6-3-7-18-51;/h2-36,42,44,46,48-49,54-55H,37-41H2,1H3;/q-3;. The van der Waals surface area contributed by atoms with Gasteiger partial charge in [-0.05, 0) is 155 Å². The van der Waals surface area contributed by atoms with E-state index < -0.39 is 5.41 Å². The van der Waals surface area contributed by atoms with Crippen LogP contribution >= 0.6 is 0 Å². The van der Waals surface area contributed by atoms with E-state index in [0.717, 1.165) is 56.8 Å². The summed E-state index contributed by atoms with van der Waals surface area (Å²) in [6, 6.07) is 87.4. The number of hydrogen-bond acceptors (Lipinski definition) is 4. The predicted molar refractivity (Wildman–Crippen MR) is 311 cm³/mol. The Morgan fingerprint density at radius 3 is 1.92 bits per heavy atom.